The fraction of sp³-hybridized carbons (Fsp3) is 0.0370. The molecule has 0 aliphatic rings. The van der Waals surface area contributed by atoms with Crippen molar-refractivity contribution in [3.8, 4) is 0 Å². The summed E-state index contributed by atoms with van der Waals surface area (Å²) in [6.45, 7) is 1.86. The predicted molar refractivity (Wildman–Crippen MR) is 137 cm³/mol. The second kappa shape index (κ2) is 10.2. The van der Waals surface area contributed by atoms with Gasteiger partial charge in [-0.25, -0.2) is 8.42 Å². The Morgan fingerprint density at radius 1 is 0.600 bits per heavy atom. The molecule has 0 radical (unpaired) electrons. The molecular formula is C27H23N3O4S. The molecule has 0 aromatic heterocycles. The van der Waals surface area contributed by atoms with E-state index in [1.54, 1.807) is 72.8 Å². The van der Waals surface area contributed by atoms with Crippen LogP contribution in [0.3, 0.4) is 0 Å². The second-order valence-corrected chi connectivity index (χ2v) is 9.47. The maximum absolute atomic E-state index is 13.2. The number of aryl methyl sites for hydroxylation is 1. The fourth-order valence-corrected chi connectivity index (χ4v) is 4.47. The minimum atomic E-state index is -3.91. The van der Waals surface area contributed by atoms with Gasteiger partial charge < -0.3 is 10.6 Å². The van der Waals surface area contributed by atoms with Gasteiger partial charge in [0, 0.05) is 5.69 Å². The Balaban J connectivity index is 1.57. The van der Waals surface area contributed by atoms with E-state index in [9.17, 15) is 18.0 Å². The summed E-state index contributed by atoms with van der Waals surface area (Å²) in [4.78, 5) is 26.1. The van der Waals surface area contributed by atoms with Crippen molar-refractivity contribution in [3.05, 3.63) is 120 Å². The van der Waals surface area contributed by atoms with Crippen LogP contribution < -0.4 is 15.4 Å². The zero-order chi connectivity index (χ0) is 24.8. The minimum Gasteiger partial charge on any atom is -0.322 e. The molecule has 0 saturated carbocycles. The highest BCUT2D eigenvalue weighted by atomic mass is 32.2. The molecule has 0 fully saturated rings. The highest BCUT2D eigenvalue weighted by molar-refractivity contribution is 7.92. The first kappa shape index (κ1) is 23.7. The second-order valence-electron chi connectivity index (χ2n) is 7.78. The number of carbonyl (C=O) groups is 2. The van der Waals surface area contributed by atoms with Crippen LogP contribution in [0.5, 0.6) is 0 Å². The maximum Gasteiger partial charge on any atom is 0.261 e. The first-order valence-corrected chi connectivity index (χ1v) is 12.3. The van der Waals surface area contributed by atoms with Crippen LogP contribution in [0, 0.1) is 6.92 Å². The van der Waals surface area contributed by atoms with Gasteiger partial charge in [-0.2, -0.15) is 0 Å². The normalized spacial score (nSPS) is 10.9. The van der Waals surface area contributed by atoms with Gasteiger partial charge in [-0.3, -0.25) is 14.3 Å². The Kier molecular flexibility index (Phi) is 6.93. The Bertz CT molecular complexity index is 1470. The van der Waals surface area contributed by atoms with Crippen LogP contribution in [0.4, 0.5) is 17.1 Å². The molecular weight excluding hydrogens is 462 g/mol. The first-order chi connectivity index (χ1) is 16.8. The number of anilines is 3. The molecule has 4 aromatic rings. The van der Waals surface area contributed by atoms with Gasteiger partial charge >= 0.3 is 0 Å². The molecule has 4 aromatic carbocycles. The molecule has 0 spiro atoms. The molecule has 0 heterocycles. The standard InChI is InChI=1S/C27H23N3O4S/c1-19-15-17-21(18-16-19)35(33,34)30-25-14-8-6-12-23(25)27(32)29-24-13-7-5-11-22(24)26(31)28-20-9-3-2-4-10-20/h2-18,30H,1H3,(H,28,31)(H,29,32). The molecule has 0 unspecified atom stereocenters. The topological polar surface area (TPSA) is 104 Å². The van der Waals surface area contributed by atoms with Crippen molar-refractivity contribution in [2.75, 3.05) is 15.4 Å². The van der Waals surface area contributed by atoms with Crippen LogP contribution in [-0.4, -0.2) is 20.2 Å². The molecule has 0 bridgehead atoms. The van der Waals surface area contributed by atoms with E-state index >= 15 is 0 Å². The summed E-state index contributed by atoms with van der Waals surface area (Å²) in [6.07, 6.45) is 0. The van der Waals surface area contributed by atoms with Gasteiger partial charge in [0.05, 0.1) is 27.4 Å². The van der Waals surface area contributed by atoms with Gasteiger partial charge in [0.15, 0.2) is 0 Å². The number of carbonyl (C=O) groups excluding carboxylic acids is 2. The molecule has 0 aliphatic heterocycles. The third-order valence-corrected chi connectivity index (χ3v) is 6.58. The lowest BCUT2D eigenvalue weighted by Gasteiger charge is -2.15. The van der Waals surface area contributed by atoms with E-state index in [1.165, 1.54) is 24.3 Å². The van der Waals surface area contributed by atoms with Crippen molar-refractivity contribution in [1.82, 2.24) is 0 Å². The number of nitrogens with one attached hydrogen (secondary N) is 3. The number of hydrogen-bond acceptors (Lipinski definition) is 4. The number of sulfonamides is 1. The summed E-state index contributed by atoms with van der Waals surface area (Å²) >= 11 is 0. The molecule has 8 heteroatoms. The van der Waals surface area contributed by atoms with E-state index in [0.717, 1.165) is 5.56 Å². The van der Waals surface area contributed by atoms with Gasteiger partial charge in [0.25, 0.3) is 21.8 Å². The number of para-hydroxylation sites is 3. The third kappa shape index (κ3) is 5.74. The third-order valence-electron chi connectivity index (χ3n) is 5.20. The van der Waals surface area contributed by atoms with Gasteiger partial charge in [0.2, 0.25) is 0 Å². The molecule has 0 aliphatic carbocycles. The number of benzene rings is 4. The summed E-state index contributed by atoms with van der Waals surface area (Å²) in [5.74, 6) is -0.951. The number of rotatable bonds is 7. The molecule has 4 rings (SSSR count). The van der Waals surface area contributed by atoms with Gasteiger partial charge in [-0.05, 0) is 55.5 Å². The van der Waals surface area contributed by atoms with Gasteiger partial charge in [-0.1, -0.05) is 60.2 Å². The average Bonchev–Trinajstić information content (AvgIpc) is 2.85. The van der Waals surface area contributed by atoms with Crippen molar-refractivity contribution >= 4 is 38.9 Å². The molecule has 7 nitrogen and oxygen atoms in total. The monoisotopic (exact) mass is 485 g/mol. The van der Waals surface area contributed by atoms with E-state index < -0.39 is 15.9 Å². The van der Waals surface area contributed by atoms with Crippen LogP contribution in [-0.2, 0) is 10.0 Å². The van der Waals surface area contributed by atoms with Crippen molar-refractivity contribution in [2.24, 2.45) is 0 Å². The average molecular weight is 486 g/mol. The summed E-state index contributed by atoms with van der Waals surface area (Å²) in [6, 6.07) is 28.2. The van der Waals surface area contributed by atoms with E-state index in [0.29, 0.717) is 11.4 Å². The Morgan fingerprint density at radius 2 is 1.11 bits per heavy atom. The molecule has 35 heavy (non-hydrogen) atoms. The Hall–Kier alpha value is -4.43. The Labute approximate surface area is 203 Å². The number of amides is 2. The van der Waals surface area contributed by atoms with Crippen molar-refractivity contribution < 1.29 is 18.0 Å². The quantitative estimate of drug-likeness (QED) is 0.330. The molecule has 3 N–H and O–H groups in total. The first-order valence-electron chi connectivity index (χ1n) is 10.8. The molecule has 2 amide bonds. The predicted octanol–water partition coefficient (Wildman–Crippen LogP) is 5.30. The Morgan fingerprint density at radius 3 is 1.77 bits per heavy atom. The fourth-order valence-electron chi connectivity index (χ4n) is 3.39. The van der Waals surface area contributed by atoms with E-state index in [2.05, 4.69) is 15.4 Å². The van der Waals surface area contributed by atoms with Gasteiger partial charge in [-0.15, -0.1) is 0 Å². The lowest BCUT2D eigenvalue weighted by Crippen LogP contribution is -2.20. The van der Waals surface area contributed by atoms with E-state index in [1.807, 2.05) is 13.0 Å². The lowest BCUT2D eigenvalue weighted by atomic mass is 10.1. The summed E-state index contributed by atoms with van der Waals surface area (Å²) < 4.78 is 28.2. The van der Waals surface area contributed by atoms with Crippen LogP contribution in [0.25, 0.3) is 0 Å². The van der Waals surface area contributed by atoms with E-state index in [4.69, 9.17) is 0 Å². The number of hydrogen-bond donors (Lipinski definition) is 3. The van der Waals surface area contributed by atoms with Crippen LogP contribution in [0.15, 0.2) is 108 Å². The highest BCUT2D eigenvalue weighted by Crippen LogP contribution is 2.23. The van der Waals surface area contributed by atoms with Crippen LogP contribution >= 0.6 is 0 Å². The molecule has 0 atom stereocenters. The van der Waals surface area contributed by atoms with Crippen LogP contribution in [0.2, 0.25) is 0 Å². The SMILES string of the molecule is Cc1ccc(S(=O)(=O)Nc2ccccc2C(=O)Nc2ccccc2C(=O)Nc2ccccc2)cc1. The minimum absolute atomic E-state index is 0.0845. The van der Waals surface area contributed by atoms with Crippen LogP contribution in [0.1, 0.15) is 26.3 Å². The van der Waals surface area contributed by atoms with Crippen molar-refractivity contribution in [2.45, 2.75) is 11.8 Å². The molecule has 176 valence electrons. The smallest absolute Gasteiger partial charge is 0.261 e. The maximum atomic E-state index is 13.2. The van der Waals surface area contributed by atoms with Crippen molar-refractivity contribution in [1.29, 1.82) is 0 Å². The lowest BCUT2D eigenvalue weighted by molar-refractivity contribution is 0.102. The molecule has 0 saturated heterocycles. The van der Waals surface area contributed by atoms with Crippen molar-refractivity contribution in [3.63, 3.8) is 0 Å². The largest absolute Gasteiger partial charge is 0.322 e. The summed E-state index contributed by atoms with van der Waals surface area (Å²) in [5, 5.41) is 5.53. The zero-order valence-corrected chi connectivity index (χ0v) is 19.7. The zero-order valence-electron chi connectivity index (χ0n) is 18.9. The summed E-state index contributed by atoms with van der Waals surface area (Å²) in [5.41, 5.74) is 2.34. The van der Waals surface area contributed by atoms with E-state index in [-0.39, 0.29) is 27.6 Å². The summed E-state index contributed by atoms with van der Waals surface area (Å²) in [7, 11) is -3.91. The van der Waals surface area contributed by atoms with Gasteiger partial charge in [0.1, 0.15) is 0 Å². The highest BCUT2D eigenvalue weighted by Gasteiger charge is 2.20.